The summed E-state index contributed by atoms with van der Waals surface area (Å²) in [6, 6.07) is -8.18. The van der Waals surface area contributed by atoms with Crippen molar-refractivity contribution < 1.29 is 17.8 Å². The molecular formula is C22H22. The van der Waals surface area contributed by atoms with E-state index >= 15 is 0 Å². The van der Waals surface area contributed by atoms with Gasteiger partial charge in [-0.3, -0.25) is 0 Å². The Kier molecular flexibility index (Phi) is 1.50. The van der Waals surface area contributed by atoms with Gasteiger partial charge in [-0.15, -0.1) is 0 Å². The summed E-state index contributed by atoms with van der Waals surface area (Å²) in [5.74, 6) is 0. The number of hydrogen-bond donors (Lipinski definition) is 0. The second-order valence-corrected chi connectivity index (χ2v) is 5.75. The Hall–Kier alpha value is -2.34. The molecule has 22 heavy (non-hydrogen) atoms. The molecule has 0 N–H and O–H groups in total. The van der Waals surface area contributed by atoms with Crippen LogP contribution in [0.25, 0.3) is 22.3 Å². The zero-order valence-electron chi connectivity index (χ0n) is 25.5. The summed E-state index contributed by atoms with van der Waals surface area (Å²) in [5.41, 5.74) is -2.56. The molecule has 3 aromatic carbocycles. The molecule has 0 spiro atoms. The van der Waals surface area contributed by atoms with Crippen molar-refractivity contribution in [2.24, 2.45) is 0 Å². The first-order valence-electron chi connectivity index (χ1n) is 13.2. The summed E-state index contributed by atoms with van der Waals surface area (Å²) in [6.07, 6.45) is 0. The third-order valence-electron chi connectivity index (χ3n) is 3.00. The van der Waals surface area contributed by atoms with Gasteiger partial charge in [0.2, 0.25) is 0 Å². The summed E-state index contributed by atoms with van der Waals surface area (Å²) in [7, 11) is 0. The highest BCUT2D eigenvalue weighted by Gasteiger charge is 2.13. The van der Waals surface area contributed by atoms with Gasteiger partial charge in [0.05, 0.1) is 17.8 Å². The molecule has 0 heterocycles. The quantitative estimate of drug-likeness (QED) is 0.519. The molecule has 0 aliphatic rings. The van der Waals surface area contributed by atoms with Crippen LogP contribution >= 0.6 is 0 Å². The fourth-order valence-electron chi connectivity index (χ4n) is 1.78. The van der Waals surface area contributed by atoms with E-state index in [-0.39, 0.29) is 17.6 Å². The SMILES string of the molecule is [2H]c1c([2H])c([2H])c(-c2c([2H])c([2H])c([2H])c(-c3c([2H])c([2H])c(C(C)(C)C)c([2H])c3[2H])c2[2H])c([2H])c1[2H]. The van der Waals surface area contributed by atoms with Crippen molar-refractivity contribution >= 4 is 0 Å². The summed E-state index contributed by atoms with van der Waals surface area (Å²) in [5, 5.41) is 0. The molecule has 0 aromatic heterocycles. The zero-order valence-corrected chi connectivity index (χ0v) is 12.5. The Morgan fingerprint density at radius 2 is 1.09 bits per heavy atom. The highest BCUT2D eigenvalue weighted by Crippen LogP contribution is 2.28. The van der Waals surface area contributed by atoms with E-state index in [1.165, 1.54) is 0 Å². The van der Waals surface area contributed by atoms with Gasteiger partial charge in [-0.2, -0.15) is 0 Å². The fraction of sp³-hybridized carbons (Fsp3) is 0.182. The van der Waals surface area contributed by atoms with Crippen molar-refractivity contribution in [3.63, 3.8) is 0 Å². The van der Waals surface area contributed by atoms with Gasteiger partial charge in [0.15, 0.2) is 0 Å². The minimum Gasteiger partial charge on any atom is -0.0622 e. The second-order valence-electron chi connectivity index (χ2n) is 5.75. The van der Waals surface area contributed by atoms with Gasteiger partial charge in [-0.05, 0) is 39.3 Å². The Morgan fingerprint density at radius 3 is 1.64 bits per heavy atom. The summed E-state index contributed by atoms with van der Waals surface area (Å²) >= 11 is 0. The first kappa shape index (κ1) is 5.70. The molecule has 0 aliphatic carbocycles. The van der Waals surface area contributed by atoms with Gasteiger partial charge in [-0.1, -0.05) is 93.3 Å². The number of hydrogen-bond acceptors (Lipinski definition) is 0. The first-order valence-corrected chi connectivity index (χ1v) is 6.75. The standard InChI is InChI=1S/C22H22/c1-22(2,3)21-14-12-18(13-15-21)20-11-7-10-19(16-20)17-8-5-4-6-9-17/h4-16H,1-3H3/i4D,5D,6D,7D,8D,9D,10D,11D,12D,13D,14D,15D,16D. The Morgan fingerprint density at radius 1 is 0.591 bits per heavy atom. The van der Waals surface area contributed by atoms with E-state index < -0.39 is 94.1 Å². The molecule has 3 aromatic rings. The highest BCUT2D eigenvalue weighted by molar-refractivity contribution is 5.73. The lowest BCUT2D eigenvalue weighted by atomic mass is 9.86. The van der Waals surface area contributed by atoms with Crippen LogP contribution < -0.4 is 0 Å². The van der Waals surface area contributed by atoms with Gasteiger partial charge < -0.3 is 0 Å². The predicted molar refractivity (Wildman–Crippen MR) is 96.0 cm³/mol. The van der Waals surface area contributed by atoms with E-state index in [4.69, 9.17) is 17.8 Å². The molecule has 0 nitrogen and oxygen atoms in total. The predicted octanol–water partition coefficient (Wildman–Crippen LogP) is 6.32. The average Bonchev–Trinajstić information content (AvgIpc) is 2.77. The lowest BCUT2D eigenvalue weighted by molar-refractivity contribution is 0.590. The Balaban J connectivity index is 2.58. The van der Waals surface area contributed by atoms with Crippen LogP contribution in [0.5, 0.6) is 0 Å². The van der Waals surface area contributed by atoms with Crippen molar-refractivity contribution in [1.29, 1.82) is 0 Å². The van der Waals surface area contributed by atoms with Crippen LogP contribution in [-0.2, 0) is 5.41 Å². The molecule has 0 fully saturated rings. The lowest BCUT2D eigenvalue weighted by Gasteiger charge is -2.19. The maximum absolute atomic E-state index is 8.75. The van der Waals surface area contributed by atoms with Crippen molar-refractivity contribution in [3.05, 3.63) is 84.1 Å². The molecular weight excluding hydrogens is 264 g/mol. The van der Waals surface area contributed by atoms with Gasteiger partial charge >= 0.3 is 0 Å². The second kappa shape index (κ2) is 5.81. The molecule has 3 rings (SSSR count). The van der Waals surface area contributed by atoms with Gasteiger partial charge in [0, 0.05) is 0 Å². The zero-order chi connectivity index (χ0) is 26.9. The van der Waals surface area contributed by atoms with Crippen LogP contribution in [0.1, 0.15) is 44.2 Å². The van der Waals surface area contributed by atoms with E-state index in [0.29, 0.717) is 0 Å². The van der Waals surface area contributed by atoms with Crippen molar-refractivity contribution in [3.8, 4) is 22.3 Å². The van der Waals surface area contributed by atoms with Crippen molar-refractivity contribution in [2.45, 2.75) is 26.2 Å². The molecule has 0 bridgehead atoms. The normalized spacial score (nSPS) is 19.7. The minimum atomic E-state index is -0.754. The largest absolute Gasteiger partial charge is 0.0636 e. The molecule has 0 saturated heterocycles. The topological polar surface area (TPSA) is 0 Å². The van der Waals surface area contributed by atoms with Gasteiger partial charge in [-0.25, -0.2) is 0 Å². The average molecular weight is 299 g/mol. The van der Waals surface area contributed by atoms with E-state index in [1.807, 2.05) is 0 Å². The first-order chi connectivity index (χ1) is 16.0. The van der Waals surface area contributed by atoms with Gasteiger partial charge in [0.25, 0.3) is 0 Å². The van der Waals surface area contributed by atoms with Crippen LogP contribution in [0.2, 0.25) is 0 Å². The molecule has 0 aliphatic heterocycles. The number of benzene rings is 3. The Bertz CT molecular complexity index is 1340. The third-order valence-corrected chi connectivity index (χ3v) is 3.00. The highest BCUT2D eigenvalue weighted by atomic mass is 14.2. The van der Waals surface area contributed by atoms with Gasteiger partial charge in [0.1, 0.15) is 0 Å². The lowest BCUT2D eigenvalue weighted by Crippen LogP contribution is -2.10. The monoisotopic (exact) mass is 299 g/mol. The smallest absolute Gasteiger partial charge is 0.0622 e. The molecule has 110 valence electrons. The molecule has 0 unspecified atom stereocenters. The molecule has 0 saturated carbocycles. The van der Waals surface area contributed by atoms with Crippen LogP contribution in [0.4, 0.5) is 0 Å². The van der Waals surface area contributed by atoms with E-state index in [0.717, 1.165) is 0 Å². The van der Waals surface area contributed by atoms with Crippen LogP contribution in [0.3, 0.4) is 0 Å². The third kappa shape index (κ3) is 3.12. The minimum absolute atomic E-state index is 0.128. The summed E-state index contributed by atoms with van der Waals surface area (Å²) in [6.45, 7) is 5.16. The number of rotatable bonds is 2. The van der Waals surface area contributed by atoms with E-state index in [9.17, 15) is 0 Å². The maximum atomic E-state index is 8.75. The van der Waals surface area contributed by atoms with Crippen LogP contribution in [-0.4, -0.2) is 0 Å². The van der Waals surface area contributed by atoms with Crippen molar-refractivity contribution in [1.82, 2.24) is 0 Å². The molecule has 0 amide bonds. The van der Waals surface area contributed by atoms with Crippen LogP contribution in [0, 0.1) is 0 Å². The van der Waals surface area contributed by atoms with E-state index in [2.05, 4.69) is 0 Å². The Labute approximate surface area is 151 Å². The van der Waals surface area contributed by atoms with Crippen LogP contribution in [0.15, 0.2) is 78.6 Å². The molecule has 0 radical (unpaired) electrons. The summed E-state index contributed by atoms with van der Waals surface area (Å²) in [4.78, 5) is 0. The molecule has 0 heteroatoms. The fourth-order valence-corrected chi connectivity index (χ4v) is 1.78. The van der Waals surface area contributed by atoms with Crippen molar-refractivity contribution in [2.75, 3.05) is 0 Å². The molecule has 0 atom stereocenters. The summed E-state index contributed by atoms with van der Waals surface area (Å²) < 4.78 is 108. The van der Waals surface area contributed by atoms with E-state index in [1.54, 1.807) is 20.8 Å². The maximum Gasteiger partial charge on any atom is 0.0636 e.